The molecule has 0 fully saturated rings. The highest BCUT2D eigenvalue weighted by atomic mass is 32.1. The maximum Gasteiger partial charge on any atom is 0.323 e. The maximum absolute atomic E-state index is 12.2. The number of nitrogens with two attached hydrogens (primary N) is 1. The second-order valence-electron chi connectivity index (χ2n) is 7.16. The summed E-state index contributed by atoms with van der Waals surface area (Å²) in [5.41, 5.74) is 10.2. The minimum absolute atomic E-state index is 0.300. The summed E-state index contributed by atoms with van der Waals surface area (Å²) in [6.07, 6.45) is 3.26. The first kappa shape index (κ1) is 19.7. The number of anilines is 3. The summed E-state index contributed by atoms with van der Waals surface area (Å²) in [5.74, 6) is 0.463. The molecule has 2 aromatic carbocycles. The number of thiophene rings is 1. The molecule has 5 aromatic rings. The highest BCUT2D eigenvalue weighted by Crippen LogP contribution is 2.38. The Morgan fingerprint density at radius 2 is 1.69 bits per heavy atom. The molecule has 0 aliphatic carbocycles. The van der Waals surface area contributed by atoms with Crippen LogP contribution >= 0.6 is 11.3 Å². The van der Waals surface area contributed by atoms with E-state index in [1.165, 1.54) is 6.33 Å². The number of hydrogen-bond acceptors (Lipinski definition) is 6. The Labute approximate surface area is 187 Å². The largest absolute Gasteiger partial charge is 0.383 e. The molecule has 0 atom stereocenters. The Bertz CT molecular complexity index is 1410. The van der Waals surface area contributed by atoms with Crippen LogP contribution in [0.5, 0.6) is 0 Å². The summed E-state index contributed by atoms with van der Waals surface area (Å²) in [6, 6.07) is 18.6. The fourth-order valence-corrected chi connectivity index (χ4v) is 4.54. The summed E-state index contributed by atoms with van der Waals surface area (Å²) in [7, 11) is 1.95. The molecule has 32 heavy (non-hydrogen) atoms. The van der Waals surface area contributed by atoms with Crippen molar-refractivity contribution in [2.45, 2.75) is 0 Å². The van der Waals surface area contributed by atoms with Gasteiger partial charge in [-0.2, -0.15) is 0 Å². The van der Waals surface area contributed by atoms with E-state index in [4.69, 9.17) is 5.73 Å². The highest BCUT2D eigenvalue weighted by Gasteiger charge is 2.17. The monoisotopic (exact) mass is 441 g/mol. The quantitative estimate of drug-likeness (QED) is 0.364. The molecule has 0 radical (unpaired) electrons. The second-order valence-corrected chi connectivity index (χ2v) is 8.19. The molecule has 0 aliphatic rings. The van der Waals surface area contributed by atoms with E-state index < -0.39 is 0 Å². The van der Waals surface area contributed by atoms with Gasteiger partial charge in [-0.1, -0.05) is 30.3 Å². The van der Waals surface area contributed by atoms with Crippen LogP contribution in [-0.2, 0) is 7.05 Å². The van der Waals surface area contributed by atoms with Crippen LogP contribution < -0.4 is 16.4 Å². The molecule has 158 valence electrons. The number of para-hydroxylation sites is 1. The van der Waals surface area contributed by atoms with Crippen molar-refractivity contribution >= 4 is 44.8 Å². The number of amides is 2. The molecule has 4 N–H and O–H groups in total. The van der Waals surface area contributed by atoms with E-state index in [1.54, 1.807) is 17.7 Å². The first-order valence-electron chi connectivity index (χ1n) is 9.83. The molecule has 0 bridgehead atoms. The first-order chi connectivity index (χ1) is 15.6. The average Bonchev–Trinajstić information content (AvgIpc) is 3.39. The smallest absolute Gasteiger partial charge is 0.323 e. The van der Waals surface area contributed by atoms with E-state index in [1.807, 2.05) is 72.3 Å². The predicted octanol–water partition coefficient (Wildman–Crippen LogP) is 4.99. The van der Waals surface area contributed by atoms with Gasteiger partial charge in [-0.15, -0.1) is 11.3 Å². The molecule has 3 aromatic heterocycles. The number of carbonyl (C=O) groups is 1. The molecular weight excluding hydrogens is 422 g/mol. The SMILES string of the molecule is Cn1cnc(-c2ccc(NC(=O)Nc3ccccc3)cc2)c1-c1cc2c(N)ncnc2s1. The van der Waals surface area contributed by atoms with Crippen LogP contribution in [0.2, 0.25) is 0 Å². The van der Waals surface area contributed by atoms with Gasteiger partial charge in [0.1, 0.15) is 17.0 Å². The van der Waals surface area contributed by atoms with E-state index in [0.717, 1.165) is 37.7 Å². The van der Waals surface area contributed by atoms with Crippen LogP contribution in [0, 0.1) is 0 Å². The molecule has 9 heteroatoms. The third-order valence-corrected chi connectivity index (χ3v) is 6.03. The summed E-state index contributed by atoms with van der Waals surface area (Å²) in [6.45, 7) is 0. The maximum atomic E-state index is 12.2. The van der Waals surface area contributed by atoms with Crippen molar-refractivity contribution in [1.82, 2.24) is 19.5 Å². The molecule has 3 heterocycles. The van der Waals surface area contributed by atoms with Crippen molar-refractivity contribution in [3.8, 4) is 21.8 Å². The highest BCUT2D eigenvalue weighted by molar-refractivity contribution is 7.21. The van der Waals surface area contributed by atoms with E-state index in [9.17, 15) is 4.79 Å². The fourth-order valence-electron chi connectivity index (χ4n) is 3.45. The van der Waals surface area contributed by atoms with Crippen molar-refractivity contribution in [3.63, 3.8) is 0 Å². The zero-order chi connectivity index (χ0) is 22.1. The number of urea groups is 1. The zero-order valence-corrected chi connectivity index (χ0v) is 17.9. The number of nitrogens with one attached hydrogen (secondary N) is 2. The molecule has 2 amide bonds. The van der Waals surface area contributed by atoms with E-state index >= 15 is 0 Å². The van der Waals surface area contributed by atoms with Crippen LogP contribution in [0.1, 0.15) is 0 Å². The minimum Gasteiger partial charge on any atom is -0.383 e. The molecule has 0 spiro atoms. The molecule has 0 aliphatic heterocycles. The fraction of sp³-hybridized carbons (Fsp3) is 0.0435. The Kier molecular flexibility index (Phi) is 5.00. The Morgan fingerprint density at radius 1 is 0.969 bits per heavy atom. The lowest BCUT2D eigenvalue weighted by atomic mass is 10.1. The third kappa shape index (κ3) is 3.77. The number of aromatic nitrogens is 4. The van der Waals surface area contributed by atoms with Gasteiger partial charge in [-0.3, -0.25) is 0 Å². The number of nitrogen functional groups attached to an aromatic ring is 1. The van der Waals surface area contributed by atoms with Crippen molar-refractivity contribution in [3.05, 3.63) is 73.3 Å². The van der Waals surface area contributed by atoms with Gasteiger partial charge >= 0.3 is 6.03 Å². The molecule has 8 nitrogen and oxygen atoms in total. The summed E-state index contributed by atoms with van der Waals surface area (Å²) >= 11 is 1.55. The standard InChI is InChI=1S/C23H19N7OS/c1-30-13-27-19(20(30)18-11-17-21(24)25-12-26-22(17)32-18)14-7-9-16(10-8-14)29-23(31)28-15-5-3-2-4-6-15/h2-13H,1H3,(H2,24,25,26)(H2,28,29,31). The Balaban J connectivity index is 1.40. The summed E-state index contributed by atoms with van der Waals surface area (Å²) < 4.78 is 1.98. The van der Waals surface area contributed by atoms with Gasteiger partial charge in [0, 0.05) is 24.0 Å². The van der Waals surface area contributed by atoms with Crippen molar-refractivity contribution in [2.24, 2.45) is 7.05 Å². The van der Waals surface area contributed by atoms with Crippen LogP contribution in [0.25, 0.3) is 32.0 Å². The van der Waals surface area contributed by atoms with Crippen LogP contribution in [0.4, 0.5) is 22.0 Å². The average molecular weight is 442 g/mol. The predicted molar refractivity (Wildman–Crippen MR) is 129 cm³/mol. The number of hydrogen-bond donors (Lipinski definition) is 3. The van der Waals surface area contributed by atoms with Gasteiger partial charge in [0.05, 0.1) is 28.0 Å². The number of rotatable bonds is 4. The Morgan fingerprint density at radius 3 is 2.41 bits per heavy atom. The van der Waals surface area contributed by atoms with E-state index in [-0.39, 0.29) is 6.03 Å². The van der Waals surface area contributed by atoms with Crippen LogP contribution in [0.3, 0.4) is 0 Å². The van der Waals surface area contributed by atoms with Crippen LogP contribution in [0.15, 0.2) is 73.3 Å². The lowest BCUT2D eigenvalue weighted by Gasteiger charge is -2.09. The molecule has 0 unspecified atom stereocenters. The lowest BCUT2D eigenvalue weighted by Crippen LogP contribution is -2.19. The number of benzene rings is 2. The van der Waals surface area contributed by atoms with E-state index in [0.29, 0.717) is 11.5 Å². The Hall–Kier alpha value is -4.24. The number of nitrogens with zero attached hydrogens (tertiary/aromatic N) is 4. The number of aryl methyl sites for hydroxylation is 1. The van der Waals surface area contributed by atoms with Crippen molar-refractivity contribution < 1.29 is 4.79 Å². The van der Waals surface area contributed by atoms with E-state index in [2.05, 4.69) is 25.6 Å². The third-order valence-electron chi connectivity index (χ3n) is 4.98. The number of carbonyl (C=O) groups excluding carboxylic acids is 1. The second kappa shape index (κ2) is 8.12. The van der Waals surface area contributed by atoms with Gasteiger partial charge in [0.2, 0.25) is 0 Å². The zero-order valence-electron chi connectivity index (χ0n) is 17.1. The van der Waals surface area contributed by atoms with Gasteiger partial charge in [0.15, 0.2) is 0 Å². The number of fused-ring (bicyclic) bond motifs is 1. The molecule has 5 rings (SSSR count). The van der Waals surface area contributed by atoms with Gasteiger partial charge < -0.3 is 20.9 Å². The minimum atomic E-state index is -0.300. The topological polar surface area (TPSA) is 111 Å². The lowest BCUT2D eigenvalue weighted by molar-refractivity contribution is 0.262. The molecule has 0 saturated carbocycles. The summed E-state index contributed by atoms with van der Waals surface area (Å²) in [5, 5.41) is 6.48. The van der Waals surface area contributed by atoms with Crippen molar-refractivity contribution in [1.29, 1.82) is 0 Å². The van der Waals surface area contributed by atoms with Gasteiger partial charge in [0.25, 0.3) is 0 Å². The summed E-state index contributed by atoms with van der Waals surface area (Å²) in [4.78, 5) is 27.1. The number of imidazole rings is 1. The van der Waals surface area contributed by atoms with Gasteiger partial charge in [-0.05, 0) is 30.3 Å². The molecule has 0 saturated heterocycles. The normalized spacial score (nSPS) is 10.9. The molecular formula is C23H19N7OS. The first-order valence-corrected chi connectivity index (χ1v) is 10.7. The van der Waals surface area contributed by atoms with Crippen LogP contribution in [-0.4, -0.2) is 25.6 Å². The van der Waals surface area contributed by atoms with Crippen molar-refractivity contribution in [2.75, 3.05) is 16.4 Å². The van der Waals surface area contributed by atoms with Gasteiger partial charge in [-0.25, -0.2) is 19.7 Å².